The van der Waals surface area contributed by atoms with Crippen molar-refractivity contribution in [3.05, 3.63) is 53.6 Å². The van der Waals surface area contributed by atoms with Crippen LogP contribution in [-0.4, -0.2) is 33.4 Å². The summed E-state index contributed by atoms with van der Waals surface area (Å²) in [5.74, 6) is 0.847. The van der Waals surface area contributed by atoms with Crippen molar-refractivity contribution in [2.75, 3.05) is 12.9 Å². The molecular weight excluding hydrogens is 358 g/mol. The molecule has 1 aliphatic rings. The van der Waals surface area contributed by atoms with Crippen molar-refractivity contribution in [2.45, 2.75) is 50.0 Å². The van der Waals surface area contributed by atoms with Crippen LogP contribution in [0.15, 0.2) is 52.4 Å². The summed E-state index contributed by atoms with van der Waals surface area (Å²) in [4.78, 5) is 5.84. The zero-order chi connectivity index (χ0) is 19.4. The third-order valence-corrected chi connectivity index (χ3v) is 6.86. The van der Waals surface area contributed by atoms with Crippen LogP contribution in [0.1, 0.15) is 50.7 Å². The maximum absolute atomic E-state index is 13.3. The van der Waals surface area contributed by atoms with Gasteiger partial charge in [-0.15, -0.1) is 0 Å². The van der Waals surface area contributed by atoms with Crippen LogP contribution in [0.2, 0.25) is 0 Å². The highest BCUT2D eigenvalue weighted by Crippen LogP contribution is 2.38. The molecule has 4 nitrogen and oxygen atoms in total. The van der Waals surface area contributed by atoms with Crippen LogP contribution < -0.4 is 4.74 Å². The maximum atomic E-state index is 13.3. The molecule has 1 N–H and O–H groups in total. The van der Waals surface area contributed by atoms with E-state index in [0.29, 0.717) is 16.4 Å². The number of benzene rings is 2. The number of aromatic hydroxyl groups is 1. The van der Waals surface area contributed by atoms with Crippen molar-refractivity contribution in [2.24, 2.45) is 4.99 Å². The minimum atomic E-state index is -1.25. The van der Waals surface area contributed by atoms with Gasteiger partial charge in [-0.1, -0.05) is 57.0 Å². The van der Waals surface area contributed by atoms with Crippen LogP contribution in [0.3, 0.4) is 0 Å². The van der Waals surface area contributed by atoms with E-state index in [1.807, 2.05) is 30.3 Å². The fraction of sp³-hybridized carbons (Fsp3) is 0.409. The molecule has 0 radical (unpaired) electrons. The molecule has 0 spiro atoms. The van der Waals surface area contributed by atoms with E-state index in [1.165, 1.54) is 7.11 Å². The third kappa shape index (κ3) is 3.93. The van der Waals surface area contributed by atoms with E-state index < -0.39 is 10.8 Å². The number of phenols is 1. The standard InChI is InChI=1S/C22H27NO3S/c1-4-6-12-22(5-2)15-27(25)20-14-18(24)19(26-3)13-17(20)21(23-22)16-10-8-7-9-11-16/h7-11,13-14,24H,4-6,12,15H2,1-3H3/t22-,27-/m1/s1. The van der Waals surface area contributed by atoms with Crippen LogP contribution in [0, 0.1) is 0 Å². The van der Waals surface area contributed by atoms with Gasteiger partial charge in [0.1, 0.15) is 0 Å². The Labute approximate surface area is 163 Å². The minimum absolute atomic E-state index is 0.00886. The van der Waals surface area contributed by atoms with E-state index in [1.54, 1.807) is 12.1 Å². The number of rotatable bonds is 6. The average molecular weight is 386 g/mol. The molecule has 1 aliphatic heterocycles. The highest BCUT2D eigenvalue weighted by molar-refractivity contribution is 7.85. The van der Waals surface area contributed by atoms with Gasteiger partial charge in [0.25, 0.3) is 0 Å². The van der Waals surface area contributed by atoms with Crippen LogP contribution >= 0.6 is 0 Å². The summed E-state index contributed by atoms with van der Waals surface area (Å²) >= 11 is 0. The number of fused-ring (bicyclic) bond motifs is 1. The summed E-state index contributed by atoms with van der Waals surface area (Å²) in [6.07, 6.45) is 3.85. The zero-order valence-electron chi connectivity index (χ0n) is 16.2. The molecular formula is C22H27NO3S. The summed E-state index contributed by atoms with van der Waals surface area (Å²) < 4.78 is 18.6. The Morgan fingerprint density at radius 2 is 1.96 bits per heavy atom. The zero-order valence-corrected chi connectivity index (χ0v) is 17.0. The number of hydrogen-bond acceptors (Lipinski definition) is 4. The first-order valence-electron chi connectivity index (χ1n) is 9.48. The average Bonchev–Trinajstić information content (AvgIpc) is 2.81. The second kappa shape index (κ2) is 8.26. The Balaban J connectivity index is 2.26. The van der Waals surface area contributed by atoms with Crippen LogP contribution in [-0.2, 0) is 10.8 Å². The molecule has 1 heterocycles. The molecule has 3 rings (SSSR count). The van der Waals surface area contributed by atoms with Gasteiger partial charge in [-0.05, 0) is 18.9 Å². The van der Waals surface area contributed by atoms with E-state index in [-0.39, 0.29) is 11.3 Å². The van der Waals surface area contributed by atoms with Crippen molar-refractivity contribution in [1.82, 2.24) is 0 Å². The predicted molar refractivity (Wildman–Crippen MR) is 111 cm³/mol. The predicted octanol–water partition coefficient (Wildman–Crippen LogP) is 4.70. The summed E-state index contributed by atoms with van der Waals surface area (Å²) in [5.41, 5.74) is 2.22. The number of nitrogens with zero attached hydrogens (tertiary/aromatic N) is 1. The number of unbranched alkanes of at least 4 members (excludes halogenated alkanes) is 1. The second-order valence-electron chi connectivity index (χ2n) is 7.02. The second-order valence-corrected chi connectivity index (χ2v) is 8.44. The quantitative estimate of drug-likeness (QED) is 0.784. The van der Waals surface area contributed by atoms with Gasteiger partial charge >= 0.3 is 0 Å². The summed E-state index contributed by atoms with van der Waals surface area (Å²) in [6.45, 7) is 4.28. The van der Waals surface area contributed by atoms with Crippen molar-refractivity contribution in [3.8, 4) is 11.5 Å². The lowest BCUT2D eigenvalue weighted by molar-refractivity contribution is 0.372. The van der Waals surface area contributed by atoms with Gasteiger partial charge < -0.3 is 9.84 Å². The lowest BCUT2D eigenvalue weighted by atomic mass is 9.91. The molecule has 0 aromatic heterocycles. The molecule has 0 amide bonds. The summed E-state index contributed by atoms with van der Waals surface area (Å²) in [7, 11) is 0.269. The van der Waals surface area contributed by atoms with E-state index in [4.69, 9.17) is 9.73 Å². The Morgan fingerprint density at radius 3 is 2.59 bits per heavy atom. The molecule has 144 valence electrons. The lowest BCUT2D eigenvalue weighted by Gasteiger charge is -2.28. The highest BCUT2D eigenvalue weighted by Gasteiger charge is 2.35. The molecule has 2 atom stereocenters. The molecule has 0 bridgehead atoms. The first kappa shape index (κ1) is 19.6. The van der Waals surface area contributed by atoms with Gasteiger partial charge in [-0.2, -0.15) is 0 Å². The number of ether oxygens (including phenoxy) is 1. The monoisotopic (exact) mass is 385 g/mol. The molecule has 0 aliphatic carbocycles. The Morgan fingerprint density at radius 1 is 1.22 bits per heavy atom. The van der Waals surface area contributed by atoms with Gasteiger partial charge in [0.2, 0.25) is 0 Å². The van der Waals surface area contributed by atoms with E-state index in [9.17, 15) is 9.32 Å². The molecule has 2 aromatic carbocycles. The molecule has 27 heavy (non-hydrogen) atoms. The fourth-order valence-electron chi connectivity index (χ4n) is 3.55. The molecule has 5 heteroatoms. The number of hydrogen-bond donors (Lipinski definition) is 1. The number of methoxy groups -OCH3 is 1. The van der Waals surface area contributed by atoms with Crippen molar-refractivity contribution in [3.63, 3.8) is 0 Å². The van der Waals surface area contributed by atoms with Crippen LogP contribution in [0.5, 0.6) is 11.5 Å². The number of aliphatic imine (C=N–C) groups is 1. The fourth-order valence-corrected chi connectivity index (χ4v) is 5.25. The Kier molecular flexibility index (Phi) is 6.00. The largest absolute Gasteiger partial charge is 0.504 e. The lowest BCUT2D eigenvalue weighted by Crippen LogP contribution is -2.32. The van der Waals surface area contributed by atoms with Gasteiger partial charge in [-0.25, -0.2) is 0 Å². The summed E-state index contributed by atoms with van der Waals surface area (Å²) in [5, 5.41) is 10.3. The Hall–Kier alpha value is -2.14. The number of phenolic OH excluding ortho intramolecular Hbond substituents is 1. The van der Waals surface area contributed by atoms with Gasteiger partial charge in [0.05, 0.1) is 39.8 Å². The van der Waals surface area contributed by atoms with E-state index >= 15 is 0 Å². The van der Waals surface area contributed by atoms with E-state index in [0.717, 1.165) is 42.5 Å². The van der Waals surface area contributed by atoms with Gasteiger partial charge in [0, 0.05) is 17.2 Å². The smallest absolute Gasteiger partial charge is 0.161 e. The molecule has 0 unspecified atom stereocenters. The van der Waals surface area contributed by atoms with Crippen LogP contribution in [0.4, 0.5) is 0 Å². The van der Waals surface area contributed by atoms with Crippen molar-refractivity contribution in [1.29, 1.82) is 0 Å². The van der Waals surface area contributed by atoms with E-state index in [2.05, 4.69) is 13.8 Å². The first-order chi connectivity index (χ1) is 13.0. The highest BCUT2D eigenvalue weighted by atomic mass is 32.2. The minimum Gasteiger partial charge on any atom is -0.504 e. The molecule has 0 saturated heterocycles. The Bertz CT molecular complexity index is 863. The normalized spacial score (nSPS) is 21.9. The van der Waals surface area contributed by atoms with Crippen LogP contribution in [0.25, 0.3) is 0 Å². The van der Waals surface area contributed by atoms with Crippen molar-refractivity contribution >= 4 is 16.5 Å². The van der Waals surface area contributed by atoms with Gasteiger partial charge in [0.15, 0.2) is 11.5 Å². The summed E-state index contributed by atoms with van der Waals surface area (Å²) in [6, 6.07) is 13.3. The molecule has 0 fully saturated rings. The maximum Gasteiger partial charge on any atom is 0.161 e. The van der Waals surface area contributed by atoms with Gasteiger partial charge in [-0.3, -0.25) is 9.20 Å². The van der Waals surface area contributed by atoms with Crippen molar-refractivity contribution < 1.29 is 14.1 Å². The molecule has 2 aromatic rings. The first-order valence-corrected chi connectivity index (χ1v) is 10.8. The third-order valence-electron chi connectivity index (χ3n) is 5.23. The molecule has 0 saturated carbocycles. The topological polar surface area (TPSA) is 58.9 Å². The SMILES string of the molecule is CCCC[C@]1(CC)C[S@@](=O)c2cc(O)c(OC)cc2C(c2ccccc2)=N1.